The summed E-state index contributed by atoms with van der Waals surface area (Å²) < 4.78 is 28.5. The molecule has 1 amide bonds. The van der Waals surface area contributed by atoms with E-state index in [9.17, 15) is 29.3 Å². The average molecular weight is 1090 g/mol. The lowest BCUT2D eigenvalue weighted by atomic mass is 10.0. The van der Waals surface area contributed by atoms with Gasteiger partial charge in [0.2, 0.25) is 0 Å². The molecule has 0 unspecified atom stereocenters. The van der Waals surface area contributed by atoms with E-state index in [0.29, 0.717) is 35.1 Å². The van der Waals surface area contributed by atoms with Crippen molar-refractivity contribution in [3.63, 3.8) is 0 Å². The first-order valence-electron chi connectivity index (χ1n) is 26.7. The van der Waals surface area contributed by atoms with Crippen LogP contribution in [-0.2, 0) is 32.2 Å². The maximum atomic E-state index is 13.1. The van der Waals surface area contributed by atoms with Crippen LogP contribution in [0.25, 0.3) is 22.5 Å². The summed E-state index contributed by atoms with van der Waals surface area (Å²) in [5.74, 6) is 0.262. The highest BCUT2D eigenvalue weighted by atomic mass is 16.6. The molecule has 1 N–H and O–H groups in total. The molecular formula is C60H69N9O11. The van der Waals surface area contributed by atoms with Crippen molar-refractivity contribution in [2.75, 3.05) is 66.7 Å². The van der Waals surface area contributed by atoms with Gasteiger partial charge in [-0.05, 0) is 107 Å². The number of aromatic nitrogens is 4. The monoisotopic (exact) mass is 1090 g/mol. The number of imidazole rings is 2. The van der Waals surface area contributed by atoms with Crippen molar-refractivity contribution in [2.24, 2.45) is 0 Å². The number of carbonyl (C=O) groups excluding carboxylic acids is 4. The van der Waals surface area contributed by atoms with Gasteiger partial charge in [-0.2, -0.15) is 0 Å². The normalized spacial score (nSPS) is 13.8. The molecule has 80 heavy (non-hydrogen) atoms. The van der Waals surface area contributed by atoms with E-state index < -0.39 is 23.0 Å². The van der Waals surface area contributed by atoms with Gasteiger partial charge < -0.3 is 33.9 Å². The van der Waals surface area contributed by atoms with Crippen molar-refractivity contribution in [3.05, 3.63) is 180 Å². The second-order valence-corrected chi connectivity index (χ2v) is 18.9. The molecule has 0 radical (unpaired) electrons. The lowest BCUT2D eigenvalue weighted by Crippen LogP contribution is -2.46. The van der Waals surface area contributed by atoms with Gasteiger partial charge in [0.15, 0.2) is 13.2 Å². The third-order valence-corrected chi connectivity index (χ3v) is 13.3. The molecule has 20 heteroatoms. The number of rotatable bonds is 18. The van der Waals surface area contributed by atoms with Crippen LogP contribution in [0.1, 0.15) is 50.7 Å². The van der Waals surface area contributed by atoms with Crippen LogP contribution in [0, 0.1) is 10.1 Å². The molecule has 0 bridgehead atoms. The highest BCUT2D eigenvalue weighted by molar-refractivity contribution is 5.78. The molecule has 2 aromatic heterocycles. The van der Waals surface area contributed by atoms with Crippen LogP contribution < -0.4 is 19.5 Å². The summed E-state index contributed by atoms with van der Waals surface area (Å²) in [5, 5.41) is 14.0. The molecule has 2 aliphatic rings. The molecule has 5 aromatic carbocycles. The number of nitro groups is 1. The molecule has 2 saturated heterocycles. The van der Waals surface area contributed by atoms with E-state index >= 15 is 0 Å². The van der Waals surface area contributed by atoms with E-state index in [1.54, 1.807) is 62.8 Å². The second-order valence-electron chi connectivity index (χ2n) is 18.9. The summed E-state index contributed by atoms with van der Waals surface area (Å²) in [6, 6.07) is 41.3. The minimum absolute atomic E-state index is 0.0972. The maximum Gasteiger partial charge on any atom is 0.424 e. The predicted octanol–water partition coefficient (Wildman–Crippen LogP) is 9.37. The topological polar surface area (TPSA) is 215 Å². The SMILES string of the molecule is CCOC(=O)COc1cccc(-c2cn(C(=O)N(C)C3CCN(Cc4ccccc4)CC3)cn2)c1.CCOC(=O)COc1cccc(-c2cn(C(=O)Oc3ccc([N+](=O)[O-])cc3)cn2)c1.CNC1CCN(Cc2ccccc2)CC1. The van der Waals surface area contributed by atoms with Gasteiger partial charge in [-0.15, -0.1) is 0 Å². The summed E-state index contributed by atoms with van der Waals surface area (Å²) >= 11 is 0. The van der Waals surface area contributed by atoms with E-state index in [-0.39, 0.29) is 43.3 Å². The Kier molecular flexibility index (Phi) is 22.4. The van der Waals surface area contributed by atoms with E-state index in [4.69, 9.17) is 23.7 Å². The Balaban J connectivity index is 0.000000186. The number of non-ortho nitro benzene ring substituents is 1. The molecule has 20 nitrogen and oxygen atoms in total. The molecule has 0 atom stereocenters. The fourth-order valence-electron chi connectivity index (χ4n) is 8.98. The Morgan fingerprint density at radius 2 is 1.10 bits per heavy atom. The largest absolute Gasteiger partial charge is 0.482 e. The van der Waals surface area contributed by atoms with Gasteiger partial charge in [-0.25, -0.2) is 33.7 Å². The molecule has 9 rings (SSSR count). The minimum Gasteiger partial charge on any atom is -0.482 e. The van der Waals surface area contributed by atoms with E-state index in [0.717, 1.165) is 55.2 Å². The number of benzene rings is 5. The molecular weight excluding hydrogens is 1020 g/mol. The fraction of sp³-hybridized carbons (Fsp3) is 0.333. The Bertz CT molecular complexity index is 3060. The Hall–Kier alpha value is -8.72. The number of piperidine rings is 2. The second kappa shape index (κ2) is 30.4. The smallest absolute Gasteiger partial charge is 0.424 e. The average Bonchev–Trinajstić information content (AvgIpc) is 4.20. The predicted molar refractivity (Wildman–Crippen MR) is 301 cm³/mol. The number of carbonyl (C=O) groups is 4. The Labute approximate surface area is 466 Å². The standard InChI is InChI=1S/C27H32N4O4.C20H17N3O7.C13H20N2/c1-3-34-26(32)19-35-24-11-7-10-22(16-24)25-18-31(20-28-25)27(33)29(2)23-12-14-30(15-13-23)17-21-8-5-4-6-9-21;1-2-28-19(24)12-29-17-5-3-4-14(10-17)18-11-22(13-21-18)20(25)30-16-8-6-15(7-9-16)23(26)27;1-14-13-7-9-15(10-8-13)11-12-5-3-2-4-6-12/h4-11,16,18,20,23H,3,12-15,17,19H2,1-2H3;3-11,13H,2,12H2,1H3;2-6,13-14H,7-11H2,1H3. The quantitative estimate of drug-likeness (QED) is 0.0481. The summed E-state index contributed by atoms with van der Waals surface area (Å²) in [6.45, 7) is 10.1. The van der Waals surface area contributed by atoms with E-state index in [1.807, 2.05) is 30.1 Å². The number of amides is 1. The number of hydrogen-bond donors (Lipinski definition) is 1. The number of ether oxygens (including phenoxy) is 5. The molecule has 7 aromatic rings. The summed E-state index contributed by atoms with van der Waals surface area (Å²) in [5.41, 5.74) is 5.25. The van der Waals surface area contributed by atoms with E-state index in [1.165, 1.54) is 78.4 Å². The Morgan fingerprint density at radius 1 is 0.625 bits per heavy atom. The van der Waals surface area contributed by atoms with Crippen LogP contribution >= 0.6 is 0 Å². The lowest BCUT2D eigenvalue weighted by molar-refractivity contribution is -0.384. The third kappa shape index (κ3) is 18.2. The van der Waals surface area contributed by atoms with E-state index in [2.05, 4.69) is 86.7 Å². The fourth-order valence-corrected chi connectivity index (χ4v) is 8.98. The molecule has 4 heterocycles. The minimum atomic E-state index is -0.725. The highest BCUT2D eigenvalue weighted by Crippen LogP contribution is 2.26. The van der Waals surface area contributed by atoms with Crippen molar-refractivity contribution in [2.45, 2.75) is 64.7 Å². The maximum absolute atomic E-state index is 13.1. The molecule has 0 saturated carbocycles. The first-order valence-corrected chi connectivity index (χ1v) is 26.7. The summed E-state index contributed by atoms with van der Waals surface area (Å²) in [4.78, 5) is 73.9. The number of likely N-dealkylation sites (tertiary alicyclic amines) is 2. The van der Waals surface area contributed by atoms with Crippen molar-refractivity contribution in [3.8, 4) is 39.8 Å². The van der Waals surface area contributed by atoms with Crippen LogP contribution in [0.15, 0.2) is 159 Å². The molecule has 420 valence electrons. The first kappa shape index (κ1) is 59.0. The van der Waals surface area contributed by atoms with Crippen molar-refractivity contribution >= 4 is 29.8 Å². The lowest BCUT2D eigenvalue weighted by Gasteiger charge is -2.36. The molecule has 2 aliphatic heterocycles. The van der Waals surface area contributed by atoms with Crippen LogP contribution in [-0.4, -0.2) is 142 Å². The highest BCUT2D eigenvalue weighted by Gasteiger charge is 2.27. The van der Waals surface area contributed by atoms with Gasteiger partial charge in [0, 0.05) is 81.0 Å². The molecule has 2 fully saturated rings. The number of esters is 2. The summed E-state index contributed by atoms with van der Waals surface area (Å²) in [6.07, 6.45) is 9.75. The Morgan fingerprint density at radius 3 is 1.57 bits per heavy atom. The van der Waals surface area contributed by atoms with Gasteiger partial charge in [-0.3, -0.25) is 24.5 Å². The number of nitrogens with zero attached hydrogens (tertiary/aromatic N) is 8. The molecule has 0 spiro atoms. The van der Waals surface area contributed by atoms with Crippen LogP contribution in [0.5, 0.6) is 17.2 Å². The number of nitro benzene ring substituents is 1. The van der Waals surface area contributed by atoms with Gasteiger partial charge in [0.1, 0.15) is 29.9 Å². The van der Waals surface area contributed by atoms with Crippen molar-refractivity contribution in [1.82, 2.24) is 39.1 Å². The zero-order chi connectivity index (χ0) is 56.6. The zero-order valence-electron chi connectivity index (χ0n) is 45.6. The third-order valence-electron chi connectivity index (χ3n) is 13.3. The van der Waals surface area contributed by atoms with Crippen LogP contribution in [0.2, 0.25) is 0 Å². The number of nitrogens with one attached hydrogen (secondary N) is 1. The zero-order valence-corrected chi connectivity index (χ0v) is 45.6. The van der Waals surface area contributed by atoms with Crippen LogP contribution in [0.3, 0.4) is 0 Å². The first-order chi connectivity index (χ1) is 38.9. The van der Waals surface area contributed by atoms with Gasteiger partial charge in [0.25, 0.3) is 5.69 Å². The number of hydrogen-bond acceptors (Lipinski definition) is 16. The van der Waals surface area contributed by atoms with Crippen LogP contribution in [0.4, 0.5) is 15.3 Å². The summed E-state index contributed by atoms with van der Waals surface area (Å²) in [7, 11) is 3.93. The van der Waals surface area contributed by atoms with Gasteiger partial charge in [-0.1, -0.05) is 84.9 Å². The van der Waals surface area contributed by atoms with Gasteiger partial charge in [0.05, 0.1) is 29.5 Å². The van der Waals surface area contributed by atoms with Crippen molar-refractivity contribution < 1.29 is 47.8 Å². The molecule has 0 aliphatic carbocycles. The van der Waals surface area contributed by atoms with Gasteiger partial charge >= 0.3 is 24.1 Å². The van der Waals surface area contributed by atoms with Crippen molar-refractivity contribution in [1.29, 1.82) is 0 Å².